The van der Waals surface area contributed by atoms with Gasteiger partial charge < -0.3 is 0 Å². The molecular formula is C10H11ClN2S. The van der Waals surface area contributed by atoms with Crippen LogP contribution in [0.15, 0.2) is 12.4 Å². The number of rotatable bonds is 0. The third-order valence-corrected chi connectivity index (χ3v) is 3.59. The molecule has 0 saturated heterocycles. The second-order valence-corrected chi connectivity index (χ2v) is 5.67. The Labute approximate surface area is 92.0 Å². The molecule has 0 amide bonds. The summed E-state index contributed by atoms with van der Waals surface area (Å²) in [4.78, 5) is 8.58. The number of pyridine rings is 1. The lowest BCUT2D eigenvalue weighted by atomic mass is 9.98. The van der Waals surface area contributed by atoms with Crippen LogP contribution in [0.1, 0.15) is 25.8 Å². The fraction of sp³-hybridized carbons (Fsp3) is 0.400. The molecular weight excluding hydrogens is 216 g/mol. The molecule has 2 aromatic rings. The summed E-state index contributed by atoms with van der Waals surface area (Å²) in [6.07, 6.45) is 3.45. The average Bonchev–Trinajstić information content (AvgIpc) is 2.48. The molecule has 4 heteroatoms. The molecule has 0 bridgehead atoms. The van der Waals surface area contributed by atoms with Crippen LogP contribution in [0.3, 0.4) is 0 Å². The Hall–Kier alpha value is -0.670. The number of thiazole rings is 1. The Morgan fingerprint density at radius 1 is 1.29 bits per heavy atom. The number of fused-ring (bicyclic) bond motifs is 1. The number of halogens is 1. The SMILES string of the molecule is CC(C)(C)c1nc2c(Cl)cncc2s1. The first-order chi connectivity index (χ1) is 6.48. The minimum Gasteiger partial charge on any atom is -0.262 e. The Bertz CT molecular complexity index is 470. The van der Waals surface area contributed by atoms with Crippen LogP contribution >= 0.6 is 22.9 Å². The van der Waals surface area contributed by atoms with Gasteiger partial charge in [-0.1, -0.05) is 32.4 Å². The fourth-order valence-corrected chi connectivity index (χ4v) is 2.42. The van der Waals surface area contributed by atoms with Crippen molar-refractivity contribution in [1.82, 2.24) is 9.97 Å². The van der Waals surface area contributed by atoms with Gasteiger partial charge >= 0.3 is 0 Å². The number of nitrogens with zero attached hydrogens (tertiary/aromatic N) is 2. The number of aromatic nitrogens is 2. The summed E-state index contributed by atoms with van der Waals surface area (Å²) in [6.45, 7) is 6.43. The van der Waals surface area contributed by atoms with Crippen LogP contribution in [-0.2, 0) is 5.41 Å². The highest BCUT2D eigenvalue weighted by atomic mass is 35.5. The van der Waals surface area contributed by atoms with Crippen LogP contribution in [-0.4, -0.2) is 9.97 Å². The van der Waals surface area contributed by atoms with E-state index in [1.54, 1.807) is 17.5 Å². The minimum atomic E-state index is 0.0764. The molecule has 0 aliphatic heterocycles. The van der Waals surface area contributed by atoms with Crippen molar-refractivity contribution < 1.29 is 0 Å². The summed E-state index contributed by atoms with van der Waals surface area (Å²) in [5, 5.41) is 1.73. The lowest BCUT2D eigenvalue weighted by molar-refractivity contribution is 0.587. The quantitative estimate of drug-likeness (QED) is 0.686. The van der Waals surface area contributed by atoms with E-state index in [2.05, 4.69) is 30.7 Å². The zero-order chi connectivity index (χ0) is 10.3. The van der Waals surface area contributed by atoms with Gasteiger partial charge in [-0.2, -0.15) is 0 Å². The third-order valence-electron chi connectivity index (χ3n) is 1.90. The molecule has 2 rings (SSSR count). The van der Waals surface area contributed by atoms with E-state index >= 15 is 0 Å². The van der Waals surface area contributed by atoms with Crippen molar-refractivity contribution in [2.45, 2.75) is 26.2 Å². The van der Waals surface area contributed by atoms with Crippen molar-refractivity contribution >= 4 is 33.2 Å². The summed E-state index contributed by atoms with van der Waals surface area (Å²) in [6, 6.07) is 0. The molecule has 2 heterocycles. The smallest absolute Gasteiger partial charge is 0.103 e. The van der Waals surface area contributed by atoms with E-state index < -0.39 is 0 Å². The first-order valence-electron chi connectivity index (χ1n) is 4.39. The minimum absolute atomic E-state index is 0.0764. The van der Waals surface area contributed by atoms with Crippen molar-refractivity contribution in [3.05, 3.63) is 22.4 Å². The fourth-order valence-electron chi connectivity index (χ4n) is 1.14. The molecule has 0 aromatic carbocycles. The standard InChI is InChI=1S/C10H11ClN2S/c1-10(2,3)9-13-8-6(11)4-12-5-7(8)14-9/h4-5H,1-3H3. The van der Waals surface area contributed by atoms with E-state index in [4.69, 9.17) is 11.6 Å². The van der Waals surface area contributed by atoms with Gasteiger partial charge in [0.1, 0.15) is 5.52 Å². The molecule has 0 N–H and O–H groups in total. The highest BCUT2D eigenvalue weighted by molar-refractivity contribution is 7.18. The van der Waals surface area contributed by atoms with Gasteiger partial charge in [0.15, 0.2) is 0 Å². The van der Waals surface area contributed by atoms with Crippen molar-refractivity contribution in [3.63, 3.8) is 0 Å². The van der Waals surface area contributed by atoms with E-state index in [0.29, 0.717) is 5.02 Å². The maximum absolute atomic E-state index is 6.00. The summed E-state index contributed by atoms with van der Waals surface area (Å²) in [5.74, 6) is 0. The van der Waals surface area contributed by atoms with Crippen LogP contribution in [0, 0.1) is 0 Å². The van der Waals surface area contributed by atoms with Crippen molar-refractivity contribution in [2.24, 2.45) is 0 Å². The molecule has 2 aromatic heterocycles. The monoisotopic (exact) mass is 226 g/mol. The molecule has 0 saturated carbocycles. The Balaban J connectivity index is 2.69. The van der Waals surface area contributed by atoms with E-state index in [0.717, 1.165) is 15.2 Å². The van der Waals surface area contributed by atoms with Crippen molar-refractivity contribution in [1.29, 1.82) is 0 Å². The van der Waals surface area contributed by atoms with Gasteiger partial charge in [0.25, 0.3) is 0 Å². The van der Waals surface area contributed by atoms with Gasteiger partial charge in [-0.25, -0.2) is 4.98 Å². The number of hydrogen-bond acceptors (Lipinski definition) is 3. The van der Waals surface area contributed by atoms with Crippen molar-refractivity contribution in [2.75, 3.05) is 0 Å². The Kier molecular flexibility index (Phi) is 2.24. The van der Waals surface area contributed by atoms with Gasteiger partial charge in [0.2, 0.25) is 0 Å². The van der Waals surface area contributed by atoms with Gasteiger partial charge in [-0.15, -0.1) is 11.3 Å². The third kappa shape index (κ3) is 1.62. The molecule has 0 unspecified atom stereocenters. The zero-order valence-electron chi connectivity index (χ0n) is 8.34. The molecule has 0 spiro atoms. The van der Waals surface area contributed by atoms with Crippen LogP contribution in [0.2, 0.25) is 5.02 Å². The van der Waals surface area contributed by atoms with E-state index in [9.17, 15) is 0 Å². The van der Waals surface area contributed by atoms with E-state index in [1.165, 1.54) is 0 Å². The highest BCUT2D eigenvalue weighted by Gasteiger charge is 2.19. The predicted molar refractivity (Wildman–Crippen MR) is 61.1 cm³/mol. The maximum Gasteiger partial charge on any atom is 0.103 e. The molecule has 0 aliphatic rings. The zero-order valence-corrected chi connectivity index (χ0v) is 9.91. The molecule has 0 aliphatic carbocycles. The van der Waals surface area contributed by atoms with Crippen molar-refractivity contribution in [3.8, 4) is 0 Å². The summed E-state index contributed by atoms with van der Waals surface area (Å²) in [7, 11) is 0. The highest BCUT2D eigenvalue weighted by Crippen LogP contribution is 2.33. The van der Waals surface area contributed by atoms with E-state index in [-0.39, 0.29) is 5.41 Å². The van der Waals surface area contributed by atoms with Gasteiger partial charge in [-0.05, 0) is 0 Å². The molecule has 2 nitrogen and oxygen atoms in total. The van der Waals surface area contributed by atoms with Gasteiger partial charge in [-0.3, -0.25) is 4.98 Å². The molecule has 0 radical (unpaired) electrons. The van der Waals surface area contributed by atoms with Gasteiger partial charge in [0.05, 0.1) is 14.7 Å². The first kappa shape index (κ1) is 9.87. The summed E-state index contributed by atoms with van der Waals surface area (Å²) < 4.78 is 1.06. The number of hydrogen-bond donors (Lipinski definition) is 0. The molecule has 74 valence electrons. The Morgan fingerprint density at radius 3 is 2.57 bits per heavy atom. The molecule has 0 atom stereocenters. The normalized spacial score (nSPS) is 12.3. The van der Waals surface area contributed by atoms with Crippen LogP contribution in [0.4, 0.5) is 0 Å². The van der Waals surface area contributed by atoms with Gasteiger partial charge in [0, 0.05) is 17.8 Å². The molecule has 0 fully saturated rings. The lowest BCUT2D eigenvalue weighted by Crippen LogP contribution is -2.09. The van der Waals surface area contributed by atoms with E-state index in [1.807, 2.05) is 6.20 Å². The Morgan fingerprint density at radius 2 is 2.00 bits per heavy atom. The molecule has 14 heavy (non-hydrogen) atoms. The summed E-state index contributed by atoms with van der Waals surface area (Å²) in [5.41, 5.74) is 0.948. The maximum atomic E-state index is 6.00. The van der Waals surface area contributed by atoms with Crippen LogP contribution < -0.4 is 0 Å². The average molecular weight is 227 g/mol. The largest absolute Gasteiger partial charge is 0.262 e. The predicted octanol–water partition coefficient (Wildman–Crippen LogP) is 3.64. The van der Waals surface area contributed by atoms with Crippen LogP contribution in [0.5, 0.6) is 0 Å². The second kappa shape index (κ2) is 3.17. The lowest BCUT2D eigenvalue weighted by Gasteiger charge is -2.13. The first-order valence-corrected chi connectivity index (χ1v) is 5.58. The van der Waals surface area contributed by atoms with Crippen LogP contribution in [0.25, 0.3) is 10.2 Å². The topological polar surface area (TPSA) is 25.8 Å². The summed E-state index contributed by atoms with van der Waals surface area (Å²) >= 11 is 7.66. The second-order valence-electron chi connectivity index (χ2n) is 4.24.